The summed E-state index contributed by atoms with van der Waals surface area (Å²) < 4.78 is 0. The zero-order chi connectivity index (χ0) is 13.9. The van der Waals surface area contributed by atoms with Gasteiger partial charge in [-0.05, 0) is 35.7 Å². The van der Waals surface area contributed by atoms with Crippen molar-refractivity contribution in [1.82, 2.24) is 0 Å². The third kappa shape index (κ3) is 3.30. The molecule has 0 bridgehead atoms. The van der Waals surface area contributed by atoms with E-state index < -0.39 is 0 Å². The van der Waals surface area contributed by atoms with Crippen molar-refractivity contribution in [3.8, 4) is 0 Å². The average molecular weight is 294 g/mol. The van der Waals surface area contributed by atoms with Gasteiger partial charge in [0.25, 0.3) is 0 Å². The molecule has 0 aliphatic rings. The van der Waals surface area contributed by atoms with Crippen molar-refractivity contribution in [2.24, 2.45) is 5.73 Å². The lowest BCUT2D eigenvalue weighted by Gasteiger charge is -2.29. The third-order valence-corrected chi connectivity index (χ3v) is 4.11. The highest BCUT2D eigenvalue weighted by Crippen LogP contribution is 2.31. The predicted octanol–water partition coefficient (Wildman–Crippen LogP) is 4.45. The molecule has 0 radical (unpaired) electrons. The van der Waals surface area contributed by atoms with Crippen LogP contribution in [0.5, 0.6) is 0 Å². The molecule has 0 aliphatic heterocycles. The minimum Gasteiger partial charge on any atom is -0.330 e. The Morgan fingerprint density at radius 1 is 1.05 bits per heavy atom. The van der Waals surface area contributed by atoms with Gasteiger partial charge < -0.3 is 5.73 Å². The molecule has 0 fully saturated rings. The number of rotatable bonds is 4. The second kappa shape index (κ2) is 5.96. The standard InChI is InChI=1S/C16H17Cl2N/c1-16(11-19,13-6-4-7-14(17)9-13)10-12-5-2-3-8-15(12)18/h2-9H,10-11,19H2,1H3. The molecule has 0 heterocycles. The Morgan fingerprint density at radius 2 is 1.79 bits per heavy atom. The Hall–Kier alpha value is -1.02. The van der Waals surface area contributed by atoms with E-state index in [-0.39, 0.29) is 5.41 Å². The van der Waals surface area contributed by atoms with E-state index in [4.69, 9.17) is 28.9 Å². The fourth-order valence-corrected chi connectivity index (χ4v) is 2.61. The summed E-state index contributed by atoms with van der Waals surface area (Å²) in [7, 11) is 0. The van der Waals surface area contributed by atoms with Crippen LogP contribution < -0.4 is 5.73 Å². The number of hydrogen-bond acceptors (Lipinski definition) is 1. The zero-order valence-electron chi connectivity index (χ0n) is 10.9. The van der Waals surface area contributed by atoms with Crippen LogP contribution in [0.3, 0.4) is 0 Å². The van der Waals surface area contributed by atoms with Gasteiger partial charge in [-0.15, -0.1) is 0 Å². The normalized spacial score (nSPS) is 14.1. The summed E-state index contributed by atoms with van der Waals surface area (Å²) >= 11 is 12.3. The number of benzene rings is 2. The number of halogens is 2. The predicted molar refractivity (Wildman–Crippen MR) is 83.0 cm³/mol. The van der Waals surface area contributed by atoms with Crippen LogP contribution in [-0.2, 0) is 11.8 Å². The van der Waals surface area contributed by atoms with Gasteiger partial charge in [-0.3, -0.25) is 0 Å². The van der Waals surface area contributed by atoms with Gasteiger partial charge in [-0.2, -0.15) is 0 Å². The smallest absolute Gasteiger partial charge is 0.0438 e. The molecule has 19 heavy (non-hydrogen) atoms. The first-order valence-electron chi connectivity index (χ1n) is 6.25. The van der Waals surface area contributed by atoms with Crippen LogP contribution in [0.25, 0.3) is 0 Å². The van der Waals surface area contributed by atoms with Crippen LogP contribution >= 0.6 is 23.2 Å². The average Bonchev–Trinajstić information content (AvgIpc) is 2.41. The summed E-state index contributed by atoms with van der Waals surface area (Å²) in [5.41, 5.74) is 8.08. The molecule has 1 atom stereocenters. The SMILES string of the molecule is CC(CN)(Cc1ccccc1Cl)c1cccc(Cl)c1. The second-order valence-corrected chi connectivity index (χ2v) is 5.89. The van der Waals surface area contributed by atoms with E-state index in [0.29, 0.717) is 6.54 Å². The van der Waals surface area contributed by atoms with Crippen molar-refractivity contribution in [2.75, 3.05) is 6.54 Å². The minimum absolute atomic E-state index is 0.171. The zero-order valence-corrected chi connectivity index (χ0v) is 12.4. The molecular weight excluding hydrogens is 277 g/mol. The summed E-state index contributed by atoms with van der Waals surface area (Å²) in [4.78, 5) is 0. The van der Waals surface area contributed by atoms with Gasteiger partial charge >= 0.3 is 0 Å². The number of nitrogens with two attached hydrogens (primary N) is 1. The molecule has 0 amide bonds. The summed E-state index contributed by atoms with van der Waals surface area (Å²) in [6.07, 6.45) is 0.795. The molecule has 3 heteroatoms. The molecule has 2 rings (SSSR count). The molecule has 0 spiro atoms. The first-order valence-corrected chi connectivity index (χ1v) is 7.00. The molecule has 0 saturated heterocycles. The monoisotopic (exact) mass is 293 g/mol. The van der Waals surface area contributed by atoms with Crippen LogP contribution in [0.1, 0.15) is 18.1 Å². The molecule has 0 aromatic heterocycles. The summed E-state index contributed by atoms with van der Waals surface area (Å²) in [5, 5.41) is 1.51. The van der Waals surface area contributed by atoms with Crippen LogP contribution in [0.4, 0.5) is 0 Å². The van der Waals surface area contributed by atoms with Crippen molar-refractivity contribution in [1.29, 1.82) is 0 Å². The van der Waals surface area contributed by atoms with Crippen molar-refractivity contribution >= 4 is 23.2 Å². The first-order chi connectivity index (χ1) is 9.05. The maximum atomic E-state index is 6.24. The van der Waals surface area contributed by atoms with Gasteiger partial charge in [0.1, 0.15) is 0 Å². The molecule has 0 aliphatic carbocycles. The quantitative estimate of drug-likeness (QED) is 0.885. The van der Waals surface area contributed by atoms with Gasteiger partial charge in [0, 0.05) is 22.0 Å². The van der Waals surface area contributed by atoms with E-state index in [9.17, 15) is 0 Å². The van der Waals surface area contributed by atoms with Crippen molar-refractivity contribution in [3.05, 3.63) is 69.7 Å². The summed E-state index contributed by atoms with van der Waals surface area (Å²) in [6.45, 7) is 2.68. The number of hydrogen-bond donors (Lipinski definition) is 1. The van der Waals surface area contributed by atoms with Gasteiger partial charge in [-0.1, -0.05) is 60.5 Å². The largest absolute Gasteiger partial charge is 0.330 e. The van der Waals surface area contributed by atoms with Gasteiger partial charge in [0.2, 0.25) is 0 Å². The third-order valence-electron chi connectivity index (χ3n) is 3.51. The molecule has 1 nitrogen and oxygen atoms in total. The van der Waals surface area contributed by atoms with E-state index >= 15 is 0 Å². The van der Waals surface area contributed by atoms with Gasteiger partial charge in [-0.25, -0.2) is 0 Å². The van der Waals surface area contributed by atoms with Crippen LogP contribution in [0.2, 0.25) is 10.0 Å². The maximum Gasteiger partial charge on any atom is 0.0438 e. The van der Waals surface area contributed by atoms with Crippen molar-refractivity contribution in [2.45, 2.75) is 18.8 Å². The molecule has 1 unspecified atom stereocenters. The van der Waals surface area contributed by atoms with E-state index in [1.165, 1.54) is 0 Å². The van der Waals surface area contributed by atoms with E-state index in [2.05, 4.69) is 13.0 Å². The topological polar surface area (TPSA) is 26.0 Å². The van der Waals surface area contributed by atoms with Gasteiger partial charge in [0.05, 0.1) is 0 Å². The molecule has 100 valence electrons. The Morgan fingerprint density at radius 3 is 2.42 bits per heavy atom. The molecule has 2 N–H and O–H groups in total. The summed E-state index contributed by atoms with van der Waals surface area (Å²) in [6, 6.07) is 15.8. The molecular formula is C16H17Cl2N. The maximum absolute atomic E-state index is 6.24. The Labute approximate surface area is 124 Å². The Balaban J connectivity index is 2.36. The van der Waals surface area contributed by atoms with Crippen LogP contribution in [-0.4, -0.2) is 6.54 Å². The van der Waals surface area contributed by atoms with Gasteiger partial charge in [0.15, 0.2) is 0 Å². The highest BCUT2D eigenvalue weighted by molar-refractivity contribution is 6.31. The summed E-state index contributed by atoms with van der Waals surface area (Å²) in [5.74, 6) is 0. The molecule has 2 aromatic carbocycles. The van der Waals surface area contributed by atoms with E-state index in [1.807, 2.05) is 42.5 Å². The fraction of sp³-hybridized carbons (Fsp3) is 0.250. The van der Waals surface area contributed by atoms with E-state index in [1.54, 1.807) is 0 Å². The Kier molecular flexibility index (Phi) is 4.51. The van der Waals surface area contributed by atoms with Crippen molar-refractivity contribution in [3.63, 3.8) is 0 Å². The Bertz CT molecular complexity index is 568. The second-order valence-electron chi connectivity index (χ2n) is 5.04. The molecule has 2 aromatic rings. The minimum atomic E-state index is -0.171. The fourth-order valence-electron chi connectivity index (χ4n) is 2.22. The lowest BCUT2D eigenvalue weighted by Crippen LogP contribution is -2.34. The lowest BCUT2D eigenvalue weighted by molar-refractivity contribution is 0.481. The van der Waals surface area contributed by atoms with Crippen LogP contribution in [0.15, 0.2) is 48.5 Å². The highest BCUT2D eigenvalue weighted by Gasteiger charge is 2.26. The lowest BCUT2D eigenvalue weighted by atomic mass is 9.77. The van der Waals surface area contributed by atoms with Crippen molar-refractivity contribution < 1.29 is 0 Å². The first kappa shape index (κ1) is 14.4. The van der Waals surface area contributed by atoms with Crippen LogP contribution in [0, 0.1) is 0 Å². The highest BCUT2D eigenvalue weighted by atomic mass is 35.5. The molecule has 0 saturated carbocycles. The van der Waals surface area contributed by atoms with E-state index in [0.717, 1.165) is 27.6 Å².